The molecule has 7 heteroatoms. The van der Waals surface area contributed by atoms with Crippen LogP contribution >= 0.6 is 0 Å². The van der Waals surface area contributed by atoms with Crippen molar-refractivity contribution >= 4 is 15.7 Å². The van der Waals surface area contributed by atoms with Gasteiger partial charge in [-0.15, -0.1) is 0 Å². The molecule has 3 aromatic rings. The number of nitrogens with zero attached hydrogens (tertiary/aromatic N) is 1. The monoisotopic (exact) mass is 369 g/mol. The molecule has 0 aliphatic carbocycles. The second kappa shape index (κ2) is 7.13. The van der Waals surface area contributed by atoms with Crippen molar-refractivity contribution in [2.75, 3.05) is 6.26 Å². The van der Waals surface area contributed by atoms with E-state index in [4.69, 9.17) is 0 Å². The summed E-state index contributed by atoms with van der Waals surface area (Å²) >= 11 is 0. The summed E-state index contributed by atoms with van der Waals surface area (Å²) in [4.78, 5) is 12.7. The van der Waals surface area contributed by atoms with Gasteiger partial charge in [0.2, 0.25) is 0 Å². The molecule has 134 valence electrons. The van der Waals surface area contributed by atoms with Crippen molar-refractivity contribution in [3.63, 3.8) is 0 Å². The highest BCUT2D eigenvalue weighted by atomic mass is 32.2. The lowest BCUT2D eigenvalue weighted by molar-refractivity contribution is 0.0935. The second-order valence-electron chi connectivity index (χ2n) is 6.07. The van der Waals surface area contributed by atoms with Gasteiger partial charge in [-0.05, 0) is 30.7 Å². The quantitative estimate of drug-likeness (QED) is 0.723. The van der Waals surface area contributed by atoms with Crippen LogP contribution in [0.25, 0.3) is 11.3 Å². The first-order chi connectivity index (χ1) is 12.3. The fourth-order valence-corrected chi connectivity index (χ4v) is 3.19. The Morgan fingerprint density at radius 3 is 2.35 bits per heavy atom. The SMILES string of the molecule is C[C@@H](NC(=O)c1cc(-c2ccccc2)n[nH]1)c1ccc(S(C)(=O)=O)cc1. The summed E-state index contributed by atoms with van der Waals surface area (Å²) in [5.74, 6) is -0.278. The van der Waals surface area contributed by atoms with Gasteiger partial charge in [0.25, 0.3) is 5.91 Å². The summed E-state index contributed by atoms with van der Waals surface area (Å²) in [7, 11) is -3.24. The van der Waals surface area contributed by atoms with E-state index < -0.39 is 9.84 Å². The number of hydrogen-bond donors (Lipinski definition) is 2. The minimum Gasteiger partial charge on any atom is -0.344 e. The molecule has 0 bridgehead atoms. The van der Waals surface area contributed by atoms with E-state index in [1.54, 1.807) is 18.2 Å². The van der Waals surface area contributed by atoms with Crippen LogP contribution in [-0.2, 0) is 9.84 Å². The minimum atomic E-state index is -3.24. The molecule has 0 unspecified atom stereocenters. The van der Waals surface area contributed by atoms with Gasteiger partial charge in [0.05, 0.1) is 16.6 Å². The van der Waals surface area contributed by atoms with Gasteiger partial charge in [0.15, 0.2) is 9.84 Å². The zero-order chi connectivity index (χ0) is 18.7. The number of H-pyrrole nitrogens is 1. The summed E-state index contributed by atoms with van der Waals surface area (Å²) < 4.78 is 23.0. The van der Waals surface area contributed by atoms with E-state index in [2.05, 4.69) is 15.5 Å². The molecule has 1 amide bonds. The largest absolute Gasteiger partial charge is 0.344 e. The van der Waals surface area contributed by atoms with Gasteiger partial charge in [-0.2, -0.15) is 5.10 Å². The summed E-state index contributed by atoms with van der Waals surface area (Å²) in [6.45, 7) is 1.84. The normalized spacial score (nSPS) is 12.5. The first kappa shape index (κ1) is 17.9. The van der Waals surface area contributed by atoms with Gasteiger partial charge in [0.1, 0.15) is 5.69 Å². The lowest BCUT2D eigenvalue weighted by atomic mass is 10.1. The van der Waals surface area contributed by atoms with Crippen molar-refractivity contribution in [1.29, 1.82) is 0 Å². The molecule has 6 nitrogen and oxygen atoms in total. The van der Waals surface area contributed by atoms with Gasteiger partial charge < -0.3 is 5.32 Å². The van der Waals surface area contributed by atoms with Crippen LogP contribution in [-0.4, -0.2) is 30.8 Å². The third-order valence-corrected chi connectivity index (χ3v) is 5.18. The van der Waals surface area contributed by atoms with Gasteiger partial charge in [-0.3, -0.25) is 9.89 Å². The number of aromatic amines is 1. The van der Waals surface area contributed by atoms with Gasteiger partial charge in [-0.1, -0.05) is 42.5 Å². The molecule has 0 aliphatic heterocycles. The Morgan fingerprint density at radius 1 is 1.08 bits per heavy atom. The number of benzene rings is 2. The number of rotatable bonds is 5. The lowest BCUT2D eigenvalue weighted by Crippen LogP contribution is -2.27. The molecular formula is C19H19N3O3S. The average Bonchev–Trinajstić information content (AvgIpc) is 3.12. The first-order valence-electron chi connectivity index (χ1n) is 8.06. The van der Waals surface area contributed by atoms with E-state index in [9.17, 15) is 13.2 Å². The fourth-order valence-electron chi connectivity index (χ4n) is 2.56. The lowest BCUT2D eigenvalue weighted by Gasteiger charge is -2.14. The summed E-state index contributed by atoms with van der Waals surface area (Å²) in [6, 6.07) is 17.5. The first-order valence-corrected chi connectivity index (χ1v) is 9.95. The average molecular weight is 369 g/mol. The van der Waals surface area contributed by atoms with E-state index in [0.717, 1.165) is 17.4 Å². The molecule has 0 radical (unpaired) electrons. The maximum absolute atomic E-state index is 12.4. The van der Waals surface area contributed by atoms with Crippen LogP contribution in [0.4, 0.5) is 0 Å². The molecule has 1 atom stereocenters. The second-order valence-corrected chi connectivity index (χ2v) is 8.08. The van der Waals surface area contributed by atoms with Crippen LogP contribution < -0.4 is 5.32 Å². The van der Waals surface area contributed by atoms with Crippen LogP contribution in [0.5, 0.6) is 0 Å². The van der Waals surface area contributed by atoms with Crippen molar-refractivity contribution in [1.82, 2.24) is 15.5 Å². The maximum Gasteiger partial charge on any atom is 0.269 e. The standard InChI is InChI=1S/C19H19N3O3S/c1-13(14-8-10-16(11-9-14)26(2,24)25)20-19(23)18-12-17(21-22-18)15-6-4-3-5-7-15/h3-13H,1-2H3,(H,20,23)(H,21,22)/t13-/m1/s1. The van der Waals surface area contributed by atoms with Gasteiger partial charge >= 0.3 is 0 Å². The molecule has 1 heterocycles. The number of carbonyl (C=O) groups is 1. The topological polar surface area (TPSA) is 91.9 Å². The highest BCUT2D eigenvalue weighted by molar-refractivity contribution is 7.90. The number of carbonyl (C=O) groups excluding carboxylic acids is 1. The van der Waals surface area contributed by atoms with E-state index in [1.807, 2.05) is 37.3 Å². The van der Waals surface area contributed by atoms with E-state index in [-0.39, 0.29) is 16.8 Å². The zero-order valence-electron chi connectivity index (χ0n) is 14.4. The molecule has 0 spiro atoms. The van der Waals surface area contributed by atoms with Crippen LogP contribution in [0.1, 0.15) is 29.0 Å². The Balaban J connectivity index is 1.71. The molecule has 26 heavy (non-hydrogen) atoms. The highest BCUT2D eigenvalue weighted by Gasteiger charge is 2.15. The molecular weight excluding hydrogens is 350 g/mol. The Labute approximate surface area is 152 Å². The number of hydrogen-bond acceptors (Lipinski definition) is 4. The molecule has 1 aromatic heterocycles. The van der Waals surface area contributed by atoms with Crippen molar-refractivity contribution in [2.24, 2.45) is 0 Å². The van der Waals surface area contributed by atoms with Crippen molar-refractivity contribution < 1.29 is 13.2 Å². The zero-order valence-corrected chi connectivity index (χ0v) is 15.2. The maximum atomic E-state index is 12.4. The number of sulfone groups is 1. The Morgan fingerprint density at radius 2 is 1.73 bits per heavy atom. The van der Waals surface area contributed by atoms with Crippen LogP contribution in [0.2, 0.25) is 0 Å². The third kappa shape index (κ3) is 4.00. The number of nitrogens with one attached hydrogen (secondary N) is 2. The van der Waals surface area contributed by atoms with E-state index >= 15 is 0 Å². The van der Waals surface area contributed by atoms with Gasteiger partial charge in [-0.25, -0.2) is 8.42 Å². The summed E-state index contributed by atoms with van der Waals surface area (Å²) in [5.41, 5.74) is 2.80. The molecule has 0 aliphatic rings. The van der Waals surface area contributed by atoms with Crippen molar-refractivity contribution in [3.05, 3.63) is 71.9 Å². The Kier molecular flexibility index (Phi) is 4.90. The highest BCUT2D eigenvalue weighted by Crippen LogP contribution is 2.19. The smallest absolute Gasteiger partial charge is 0.269 e. The molecule has 0 saturated carbocycles. The molecule has 0 saturated heterocycles. The number of aromatic nitrogens is 2. The third-order valence-electron chi connectivity index (χ3n) is 4.05. The van der Waals surface area contributed by atoms with Crippen LogP contribution in [0, 0.1) is 0 Å². The Hall–Kier alpha value is -2.93. The minimum absolute atomic E-state index is 0.251. The Bertz CT molecular complexity index is 1010. The van der Waals surface area contributed by atoms with E-state index in [1.165, 1.54) is 12.1 Å². The summed E-state index contributed by atoms with van der Waals surface area (Å²) in [5, 5.41) is 9.80. The molecule has 3 rings (SSSR count). The predicted octanol–water partition coefficient (Wildman–Crippen LogP) is 2.97. The van der Waals surface area contributed by atoms with Crippen LogP contribution in [0.3, 0.4) is 0 Å². The van der Waals surface area contributed by atoms with E-state index in [0.29, 0.717) is 11.4 Å². The molecule has 2 aromatic carbocycles. The van der Waals surface area contributed by atoms with Crippen LogP contribution in [0.15, 0.2) is 65.6 Å². The van der Waals surface area contributed by atoms with Crippen molar-refractivity contribution in [2.45, 2.75) is 17.9 Å². The fraction of sp³-hybridized carbons (Fsp3) is 0.158. The van der Waals surface area contributed by atoms with Crippen molar-refractivity contribution in [3.8, 4) is 11.3 Å². The van der Waals surface area contributed by atoms with Gasteiger partial charge in [0, 0.05) is 11.8 Å². The summed E-state index contributed by atoms with van der Waals surface area (Å²) in [6.07, 6.45) is 1.16. The molecule has 2 N–H and O–H groups in total. The molecule has 0 fully saturated rings. The number of amides is 1. The predicted molar refractivity (Wildman–Crippen MR) is 99.5 cm³/mol.